The summed E-state index contributed by atoms with van der Waals surface area (Å²) in [5, 5.41) is 4.70. The van der Waals surface area contributed by atoms with Crippen LogP contribution in [-0.4, -0.2) is 35.2 Å². The van der Waals surface area contributed by atoms with Gasteiger partial charge in [-0.3, -0.25) is 0 Å². The van der Waals surface area contributed by atoms with E-state index >= 15 is 0 Å². The molecule has 6 rings (SSSR count). The summed E-state index contributed by atoms with van der Waals surface area (Å²) in [6.07, 6.45) is 0. The number of rotatable bonds is 6. The predicted molar refractivity (Wildman–Crippen MR) is 192 cm³/mol. The zero-order valence-electron chi connectivity index (χ0n) is 22.1. The first-order chi connectivity index (χ1) is 20.8. The molecule has 0 aliphatic heterocycles. The van der Waals surface area contributed by atoms with E-state index in [0.29, 0.717) is 32.8 Å². The summed E-state index contributed by atoms with van der Waals surface area (Å²) in [6, 6.07) is 33.0. The van der Waals surface area contributed by atoms with Crippen molar-refractivity contribution in [1.29, 1.82) is 0 Å². The van der Waals surface area contributed by atoms with Crippen LogP contribution in [0.5, 0.6) is 0 Å². The molecular formula is C33H18GaI3O6. The number of benzene rings is 6. The number of halogens is 3. The summed E-state index contributed by atoms with van der Waals surface area (Å²) in [7, 11) is 0. The Morgan fingerprint density at radius 3 is 0.953 bits per heavy atom. The average Bonchev–Trinajstić information content (AvgIpc) is 3.00. The fraction of sp³-hybridized carbons (Fsp3) is 0. The van der Waals surface area contributed by atoms with Gasteiger partial charge in [-0.1, -0.05) is 0 Å². The molecule has 210 valence electrons. The Bertz CT molecular complexity index is 1830. The molecule has 0 fully saturated rings. The van der Waals surface area contributed by atoms with Crippen LogP contribution in [0.25, 0.3) is 32.3 Å². The van der Waals surface area contributed by atoms with Gasteiger partial charge < -0.3 is 0 Å². The maximum atomic E-state index is 13.6. The van der Waals surface area contributed by atoms with Crippen LogP contribution in [0.1, 0.15) is 31.1 Å². The Morgan fingerprint density at radius 1 is 0.419 bits per heavy atom. The van der Waals surface area contributed by atoms with Crippen molar-refractivity contribution in [3.63, 3.8) is 0 Å². The fourth-order valence-electron chi connectivity index (χ4n) is 4.92. The van der Waals surface area contributed by atoms with E-state index in [4.69, 9.17) is 10.6 Å². The Labute approximate surface area is 293 Å². The summed E-state index contributed by atoms with van der Waals surface area (Å²) in [5.74, 6) is -2.17. The molecule has 0 N–H and O–H groups in total. The van der Waals surface area contributed by atoms with Gasteiger partial charge in [-0.05, 0) is 0 Å². The second kappa shape index (κ2) is 13.1. The van der Waals surface area contributed by atoms with Gasteiger partial charge in [0, 0.05) is 0 Å². The van der Waals surface area contributed by atoms with Crippen LogP contribution < -0.4 is 0 Å². The van der Waals surface area contributed by atoms with Crippen LogP contribution in [0, 0.1) is 10.7 Å². The summed E-state index contributed by atoms with van der Waals surface area (Å²) in [5.41, 5.74) is 0.888. The monoisotopic (exact) mass is 960 g/mol. The van der Waals surface area contributed by atoms with E-state index in [0.717, 1.165) is 26.9 Å². The molecule has 0 heterocycles. The number of carbonyl (C=O) groups is 3. The summed E-state index contributed by atoms with van der Waals surface area (Å²) in [4.78, 5) is 40.9. The van der Waals surface area contributed by atoms with Crippen molar-refractivity contribution in [2.24, 2.45) is 0 Å². The van der Waals surface area contributed by atoms with Crippen molar-refractivity contribution in [2.45, 2.75) is 0 Å². The predicted octanol–water partition coefficient (Wildman–Crippen LogP) is 8.82. The molecule has 6 nitrogen and oxygen atoms in total. The van der Waals surface area contributed by atoms with E-state index in [2.05, 4.69) is 67.8 Å². The Balaban J connectivity index is 1.37. The Kier molecular flexibility index (Phi) is 9.28. The minimum absolute atomic E-state index is 0.296. The van der Waals surface area contributed by atoms with Crippen molar-refractivity contribution in [1.82, 2.24) is 0 Å². The van der Waals surface area contributed by atoms with Crippen LogP contribution in [0.4, 0.5) is 0 Å². The maximum absolute atomic E-state index is 13.6. The van der Waals surface area contributed by atoms with Crippen LogP contribution >= 0.6 is 67.8 Å². The second-order valence-corrected chi connectivity index (χ2v) is 15.6. The molecule has 0 aliphatic rings. The third-order valence-corrected chi connectivity index (χ3v) is 12.1. The van der Waals surface area contributed by atoms with Crippen molar-refractivity contribution < 1.29 is 25.0 Å². The van der Waals surface area contributed by atoms with Gasteiger partial charge in [0.15, 0.2) is 0 Å². The molecule has 6 aromatic carbocycles. The molecule has 0 radical (unpaired) electrons. The van der Waals surface area contributed by atoms with Crippen LogP contribution in [-0.2, 0) is 10.6 Å². The molecule has 0 atom stereocenters. The van der Waals surface area contributed by atoms with Crippen LogP contribution in [0.3, 0.4) is 0 Å². The van der Waals surface area contributed by atoms with Gasteiger partial charge >= 0.3 is 297 Å². The first kappa shape index (κ1) is 30.4. The summed E-state index contributed by atoms with van der Waals surface area (Å²) in [6.45, 7) is 0. The van der Waals surface area contributed by atoms with E-state index < -0.39 is 35.2 Å². The molecule has 0 saturated carbocycles. The molecule has 6 aromatic rings. The first-order valence-electron chi connectivity index (χ1n) is 13.0. The van der Waals surface area contributed by atoms with Crippen molar-refractivity contribution in [2.75, 3.05) is 0 Å². The SMILES string of the molecule is O=C([O][Ga]([O]C(=O)c1cccc2cccc(I)c12)[O]C(=O)c1cccc2cccc(I)c12)c1cccc2cccc(I)c12. The van der Waals surface area contributed by atoms with E-state index in [1.807, 2.05) is 72.8 Å². The van der Waals surface area contributed by atoms with E-state index in [1.165, 1.54) is 0 Å². The van der Waals surface area contributed by atoms with E-state index in [9.17, 15) is 14.4 Å². The van der Waals surface area contributed by atoms with Crippen LogP contribution in [0.2, 0.25) is 0 Å². The molecule has 0 aliphatic carbocycles. The molecule has 0 spiro atoms. The van der Waals surface area contributed by atoms with Crippen LogP contribution in [0.15, 0.2) is 109 Å². The molecule has 0 saturated heterocycles. The Morgan fingerprint density at radius 2 is 0.674 bits per heavy atom. The van der Waals surface area contributed by atoms with Gasteiger partial charge in [0.25, 0.3) is 0 Å². The number of fused-ring (bicyclic) bond motifs is 3. The van der Waals surface area contributed by atoms with E-state index in [1.54, 1.807) is 36.4 Å². The van der Waals surface area contributed by atoms with Gasteiger partial charge in [0.2, 0.25) is 0 Å². The van der Waals surface area contributed by atoms with Gasteiger partial charge in [-0.25, -0.2) is 0 Å². The Hall–Kier alpha value is -2.66. The second-order valence-electron chi connectivity index (χ2n) is 9.44. The molecule has 10 heteroatoms. The van der Waals surface area contributed by atoms with Crippen molar-refractivity contribution >= 4 is 135 Å². The number of hydrogen-bond acceptors (Lipinski definition) is 6. The van der Waals surface area contributed by atoms with E-state index in [-0.39, 0.29) is 0 Å². The van der Waals surface area contributed by atoms with Gasteiger partial charge in [0.05, 0.1) is 0 Å². The minimum atomic E-state index is -4.39. The van der Waals surface area contributed by atoms with Gasteiger partial charge in [-0.15, -0.1) is 0 Å². The molecule has 0 unspecified atom stereocenters. The fourth-order valence-corrected chi connectivity index (χ4v) is 9.55. The summed E-state index contributed by atoms with van der Waals surface area (Å²) >= 11 is 2.10. The average molecular weight is 961 g/mol. The number of hydrogen-bond donors (Lipinski definition) is 0. The third-order valence-electron chi connectivity index (χ3n) is 6.83. The van der Waals surface area contributed by atoms with Crippen molar-refractivity contribution in [3.05, 3.63) is 137 Å². The molecule has 0 aromatic heterocycles. The van der Waals surface area contributed by atoms with Crippen molar-refractivity contribution in [3.8, 4) is 0 Å². The van der Waals surface area contributed by atoms with Gasteiger partial charge in [0.1, 0.15) is 0 Å². The zero-order chi connectivity index (χ0) is 30.1. The molecule has 0 amide bonds. The third kappa shape index (κ3) is 6.29. The number of carbonyl (C=O) groups excluding carboxylic acids is 3. The molecular weight excluding hydrogens is 943 g/mol. The first-order valence-corrected chi connectivity index (χ1v) is 19.2. The normalized spacial score (nSPS) is 11.0. The molecule has 43 heavy (non-hydrogen) atoms. The molecule has 0 bridgehead atoms. The zero-order valence-corrected chi connectivity index (χ0v) is 30.9. The standard InChI is InChI=1S/3C11H7IO2.Ga/c3*12-9-6-2-4-7-3-1-5-8(10(7)9)11(13)14;/h3*1-6H,(H,13,14);/q;;;+3/p-3. The quantitative estimate of drug-likeness (QED) is 0.123. The topological polar surface area (TPSA) is 78.9 Å². The van der Waals surface area contributed by atoms with Gasteiger partial charge in [-0.2, -0.15) is 0 Å². The summed E-state index contributed by atoms with van der Waals surface area (Å²) < 4.78 is 20.0.